The highest BCUT2D eigenvalue weighted by Crippen LogP contribution is 2.28. The zero-order valence-electron chi connectivity index (χ0n) is 13.5. The maximum Gasteiger partial charge on any atom is 0.222 e. The lowest BCUT2D eigenvalue weighted by atomic mass is 10.1. The highest BCUT2D eigenvalue weighted by molar-refractivity contribution is 6.31. The summed E-state index contributed by atoms with van der Waals surface area (Å²) in [4.78, 5) is 18.5. The lowest BCUT2D eigenvalue weighted by molar-refractivity contribution is -0.139. The number of halogens is 1. The molecule has 0 spiro atoms. The highest BCUT2D eigenvalue weighted by atomic mass is 35.5. The Labute approximate surface area is 147 Å². The Hall–Kier alpha value is -1.91. The van der Waals surface area contributed by atoms with Gasteiger partial charge in [0.05, 0.1) is 13.2 Å². The Morgan fingerprint density at radius 3 is 2.96 bits per heavy atom. The second kappa shape index (κ2) is 8.27. The standard InChI is InChI=1S/C19H21ClN2O2/c20-17-8-2-1-7-16(17)18-14-22(11-12-24-18)19(23)9-3-5-15-6-4-10-21-13-15/h1-2,4,6-8,10,13,18H,3,5,9,11-12,14H2. The summed E-state index contributed by atoms with van der Waals surface area (Å²) in [5, 5.41) is 0.688. The van der Waals surface area contributed by atoms with Gasteiger partial charge in [-0.15, -0.1) is 0 Å². The van der Waals surface area contributed by atoms with E-state index in [0.29, 0.717) is 31.1 Å². The fourth-order valence-corrected chi connectivity index (χ4v) is 3.21. The molecule has 2 heterocycles. The fraction of sp³-hybridized carbons (Fsp3) is 0.368. The van der Waals surface area contributed by atoms with Crippen molar-refractivity contribution in [1.82, 2.24) is 9.88 Å². The molecular formula is C19H21ClN2O2. The van der Waals surface area contributed by atoms with Crippen molar-refractivity contribution >= 4 is 17.5 Å². The summed E-state index contributed by atoms with van der Waals surface area (Å²) in [6, 6.07) is 11.6. The summed E-state index contributed by atoms with van der Waals surface area (Å²) in [6.07, 6.45) is 5.72. The topological polar surface area (TPSA) is 42.4 Å². The van der Waals surface area contributed by atoms with Crippen LogP contribution in [0.4, 0.5) is 0 Å². The van der Waals surface area contributed by atoms with Crippen LogP contribution < -0.4 is 0 Å². The number of carbonyl (C=O) groups is 1. The van der Waals surface area contributed by atoms with Gasteiger partial charge in [-0.05, 0) is 30.5 Å². The van der Waals surface area contributed by atoms with Crippen LogP contribution in [-0.2, 0) is 16.0 Å². The lowest BCUT2D eigenvalue weighted by Crippen LogP contribution is -2.42. The summed E-state index contributed by atoms with van der Waals surface area (Å²) >= 11 is 6.25. The van der Waals surface area contributed by atoms with E-state index in [4.69, 9.17) is 16.3 Å². The van der Waals surface area contributed by atoms with E-state index in [-0.39, 0.29) is 12.0 Å². The number of hydrogen-bond acceptors (Lipinski definition) is 3. The molecule has 3 rings (SSSR count). The molecule has 0 radical (unpaired) electrons. The molecule has 1 aliphatic heterocycles. The molecule has 1 atom stereocenters. The number of rotatable bonds is 5. The molecule has 1 fully saturated rings. The monoisotopic (exact) mass is 344 g/mol. The number of amides is 1. The van der Waals surface area contributed by atoms with Gasteiger partial charge in [-0.1, -0.05) is 35.9 Å². The Bertz CT molecular complexity index is 678. The second-order valence-electron chi connectivity index (χ2n) is 5.94. The van der Waals surface area contributed by atoms with Gasteiger partial charge in [-0.3, -0.25) is 9.78 Å². The van der Waals surface area contributed by atoms with E-state index in [9.17, 15) is 4.79 Å². The normalized spacial score (nSPS) is 17.7. The summed E-state index contributed by atoms with van der Waals surface area (Å²) in [7, 11) is 0. The van der Waals surface area contributed by atoms with Gasteiger partial charge in [0.2, 0.25) is 5.91 Å². The maximum absolute atomic E-state index is 12.5. The van der Waals surface area contributed by atoms with Crippen LogP contribution in [0.1, 0.15) is 30.1 Å². The number of aromatic nitrogens is 1. The third-order valence-electron chi connectivity index (χ3n) is 4.25. The van der Waals surface area contributed by atoms with Crippen LogP contribution in [0.2, 0.25) is 5.02 Å². The van der Waals surface area contributed by atoms with E-state index in [1.165, 1.54) is 5.56 Å². The number of ether oxygens (including phenoxy) is 1. The Kier molecular flexibility index (Phi) is 5.83. The third kappa shape index (κ3) is 4.34. The number of benzene rings is 1. The van der Waals surface area contributed by atoms with Crippen molar-refractivity contribution < 1.29 is 9.53 Å². The van der Waals surface area contributed by atoms with Crippen LogP contribution in [0, 0.1) is 0 Å². The molecular weight excluding hydrogens is 324 g/mol. The van der Waals surface area contributed by atoms with Crippen LogP contribution in [0.25, 0.3) is 0 Å². The molecule has 5 heteroatoms. The first kappa shape index (κ1) is 16.9. The molecule has 1 aromatic heterocycles. The molecule has 4 nitrogen and oxygen atoms in total. The summed E-state index contributed by atoms with van der Waals surface area (Å²) < 4.78 is 5.81. The first-order chi connectivity index (χ1) is 11.7. The van der Waals surface area contributed by atoms with Gasteiger partial charge in [-0.2, -0.15) is 0 Å². The third-order valence-corrected chi connectivity index (χ3v) is 4.59. The SMILES string of the molecule is O=C(CCCc1cccnc1)N1CCOC(c2ccccc2Cl)C1. The molecule has 0 saturated carbocycles. The Balaban J connectivity index is 1.52. The minimum Gasteiger partial charge on any atom is -0.370 e. The van der Waals surface area contributed by atoms with Crippen LogP contribution in [-0.4, -0.2) is 35.5 Å². The average Bonchev–Trinajstić information content (AvgIpc) is 2.63. The van der Waals surface area contributed by atoms with E-state index in [2.05, 4.69) is 4.98 Å². The molecule has 1 amide bonds. The molecule has 1 saturated heterocycles. The van der Waals surface area contributed by atoms with Crippen molar-refractivity contribution in [2.75, 3.05) is 19.7 Å². The molecule has 126 valence electrons. The first-order valence-corrected chi connectivity index (χ1v) is 8.64. The van der Waals surface area contributed by atoms with Crippen LogP contribution in [0.5, 0.6) is 0 Å². The van der Waals surface area contributed by atoms with Crippen molar-refractivity contribution in [3.63, 3.8) is 0 Å². The number of pyridine rings is 1. The van der Waals surface area contributed by atoms with Crippen LogP contribution in [0.15, 0.2) is 48.8 Å². The van der Waals surface area contributed by atoms with Gasteiger partial charge >= 0.3 is 0 Å². The van der Waals surface area contributed by atoms with Crippen LogP contribution >= 0.6 is 11.6 Å². The van der Waals surface area contributed by atoms with E-state index in [1.807, 2.05) is 47.5 Å². The maximum atomic E-state index is 12.5. The van der Waals surface area contributed by atoms with Gasteiger partial charge < -0.3 is 9.64 Å². The molecule has 0 aliphatic carbocycles. The van der Waals surface area contributed by atoms with Gasteiger partial charge in [0, 0.05) is 35.9 Å². The van der Waals surface area contributed by atoms with Gasteiger partial charge in [-0.25, -0.2) is 0 Å². The minimum absolute atomic E-state index is 0.144. The number of hydrogen-bond donors (Lipinski definition) is 0. The molecule has 1 aromatic carbocycles. The van der Waals surface area contributed by atoms with E-state index in [0.717, 1.165) is 18.4 Å². The number of carbonyl (C=O) groups excluding carboxylic acids is 1. The van der Waals surface area contributed by atoms with Crippen molar-refractivity contribution in [2.45, 2.75) is 25.4 Å². The quantitative estimate of drug-likeness (QED) is 0.831. The van der Waals surface area contributed by atoms with Gasteiger partial charge in [0.25, 0.3) is 0 Å². The molecule has 24 heavy (non-hydrogen) atoms. The van der Waals surface area contributed by atoms with Crippen molar-refractivity contribution in [1.29, 1.82) is 0 Å². The minimum atomic E-state index is -0.144. The predicted molar refractivity (Wildman–Crippen MR) is 93.9 cm³/mol. The Morgan fingerprint density at radius 2 is 2.17 bits per heavy atom. The number of morpholine rings is 1. The molecule has 0 bridgehead atoms. The highest BCUT2D eigenvalue weighted by Gasteiger charge is 2.26. The van der Waals surface area contributed by atoms with Crippen molar-refractivity contribution in [3.05, 3.63) is 64.9 Å². The van der Waals surface area contributed by atoms with E-state index >= 15 is 0 Å². The van der Waals surface area contributed by atoms with E-state index in [1.54, 1.807) is 6.20 Å². The molecule has 2 aromatic rings. The van der Waals surface area contributed by atoms with Gasteiger partial charge in [0.15, 0.2) is 0 Å². The summed E-state index contributed by atoms with van der Waals surface area (Å²) in [6.45, 7) is 1.76. The van der Waals surface area contributed by atoms with Crippen LogP contribution in [0.3, 0.4) is 0 Å². The lowest BCUT2D eigenvalue weighted by Gasteiger charge is -2.33. The molecule has 1 unspecified atom stereocenters. The predicted octanol–water partition coefficient (Wildman–Crippen LogP) is 3.66. The van der Waals surface area contributed by atoms with E-state index < -0.39 is 0 Å². The zero-order valence-corrected chi connectivity index (χ0v) is 14.3. The smallest absolute Gasteiger partial charge is 0.222 e. The van der Waals surface area contributed by atoms with Crippen molar-refractivity contribution in [3.8, 4) is 0 Å². The Morgan fingerprint density at radius 1 is 1.29 bits per heavy atom. The number of aryl methyl sites for hydroxylation is 1. The first-order valence-electron chi connectivity index (χ1n) is 8.27. The molecule has 1 aliphatic rings. The second-order valence-corrected chi connectivity index (χ2v) is 6.34. The molecule has 0 N–H and O–H groups in total. The summed E-state index contributed by atoms with van der Waals surface area (Å²) in [5.74, 6) is 0.180. The zero-order chi connectivity index (χ0) is 16.8. The average molecular weight is 345 g/mol. The fourth-order valence-electron chi connectivity index (χ4n) is 2.95. The van der Waals surface area contributed by atoms with Gasteiger partial charge in [0.1, 0.15) is 6.10 Å². The largest absolute Gasteiger partial charge is 0.370 e. The number of nitrogens with zero attached hydrogens (tertiary/aromatic N) is 2. The summed E-state index contributed by atoms with van der Waals surface area (Å²) in [5.41, 5.74) is 2.12. The van der Waals surface area contributed by atoms with Crippen molar-refractivity contribution in [2.24, 2.45) is 0 Å².